The molecule has 1 saturated carbocycles. The number of carboxylic acid groups (broad SMARTS) is 1. The lowest BCUT2D eigenvalue weighted by Crippen LogP contribution is -2.47. The minimum atomic E-state index is -0.250. The normalized spacial score (nSPS) is 27.5. The van der Waals surface area contributed by atoms with Crippen LogP contribution >= 0.6 is 0 Å². The number of hydrogen-bond acceptors (Lipinski definition) is 7. The third kappa shape index (κ3) is 4.47. The maximum atomic E-state index is 12.6. The molecule has 1 aliphatic carbocycles. The Morgan fingerprint density at radius 2 is 1.92 bits per heavy atom. The van der Waals surface area contributed by atoms with Gasteiger partial charge in [0.1, 0.15) is 11.5 Å². The number of rotatable bonds is 3. The van der Waals surface area contributed by atoms with Gasteiger partial charge in [0, 0.05) is 26.2 Å². The van der Waals surface area contributed by atoms with E-state index in [4.69, 9.17) is 20.4 Å². The molecule has 26 heavy (non-hydrogen) atoms. The molecule has 0 bridgehead atoms. The van der Waals surface area contributed by atoms with Gasteiger partial charge in [-0.25, -0.2) is 9.97 Å². The molecule has 144 valence electrons. The minimum Gasteiger partial charge on any atom is -0.483 e. The first-order chi connectivity index (χ1) is 12.4. The summed E-state index contributed by atoms with van der Waals surface area (Å²) in [7, 11) is 5.97. The number of hydrogen-bond donors (Lipinski definition) is 2. The average molecular weight is 365 g/mol. The highest BCUT2D eigenvalue weighted by Gasteiger charge is 2.44. The van der Waals surface area contributed by atoms with E-state index in [0.717, 1.165) is 25.9 Å². The number of nitrogens with zero attached hydrogens (tertiary/aromatic N) is 4. The van der Waals surface area contributed by atoms with Crippen molar-refractivity contribution in [2.45, 2.75) is 25.0 Å². The largest absolute Gasteiger partial charge is 0.483 e. The Bertz CT molecular complexity index is 610. The van der Waals surface area contributed by atoms with E-state index < -0.39 is 0 Å². The van der Waals surface area contributed by atoms with Gasteiger partial charge in [-0.3, -0.25) is 9.59 Å². The van der Waals surface area contributed by atoms with Crippen LogP contribution in [-0.2, 0) is 9.53 Å². The Labute approximate surface area is 153 Å². The molecule has 2 fully saturated rings. The molecule has 1 aromatic rings. The number of ether oxygens (including phenoxy) is 1. The highest BCUT2D eigenvalue weighted by molar-refractivity contribution is 5.92. The van der Waals surface area contributed by atoms with Crippen molar-refractivity contribution < 1.29 is 19.4 Å². The molecule has 2 aliphatic rings. The molecule has 0 radical (unpaired) electrons. The molecule has 0 spiro atoms. The summed E-state index contributed by atoms with van der Waals surface area (Å²) >= 11 is 0. The van der Waals surface area contributed by atoms with Crippen molar-refractivity contribution in [3.8, 4) is 0 Å². The summed E-state index contributed by atoms with van der Waals surface area (Å²) in [6.07, 6.45) is 5.19. The maximum Gasteiger partial charge on any atom is 0.290 e. The lowest BCUT2D eigenvalue weighted by Gasteiger charge is -2.40. The number of nitrogen functional groups attached to an aromatic ring is 1. The van der Waals surface area contributed by atoms with Crippen LogP contribution in [-0.4, -0.2) is 83.7 Å². The quantitative estimate of drug-likeness (QED) is 0.728. The summed E-state index contributed by atoms with van der Waals surface area (Å²) in [5.41, 5.74) is 5.90. The summed E-state index contributed by atoms with van der Waals surface area (Å²) < 4.78 is 5.69. The predicted molar refractivity (Wildman–Crippen MR) is 95.5 cm³/mol. The molecule has 4 atom stereocenters. The smallest absolute Gasteiger partial charge is 0.290 e. The molecule has 1 aromatic heterocycles. The fourth-order valence-electron chi connectivity index (χ4n) is 3.96. The summed E-state index contributed by atoms with van der Waals surface area (Å²) in [6.45, 7) is 1.31. The lowest BCUT2D eigenvalue weighted by atomic mass is 9.77. The summed E-state index contributed by atoms with van der Waals surface area (Å²) in [4.78, 5) is 33.2. The molecule has 2 heterocycles. The highest BCUT2D eigenvalue weighted by Crippen LogP contribution is 2.39. The zero-order valence-electron chi connectivity index (χ0n) is 15.4. The Morgan fingerprint density at radius 1 is 1.31 bits per heavy atom. The van der Waals surface area contributed by atoms with Gasteiger partial charge in [0.05, 0.1) is 18.5 Å². The van der Waals surface area contributed by atoms with Gasteiger partial charge in [0.2, 0.25) is 0 Å². The number of carbonyl (C=O) groups excluding carboxylic acids is 1. The number of carbonyl (C=O) groups is 2. The molecular formula is C17H27N5O4. The summed E-state index contributed by atoms with van der Waals surface area (Å²) in [5.74, 6) is 1.30. The monoisotopic (exact) mass is 365 g/mol. The van der Waals surface area contributed by atoms with Crippen molar-refractivity contribution in [2.24, 2.45) is 11.8 Å². The number of likely N-dealkylation sites (N-methyl/N-ethyl adjacent to an activating group) is 1. The third-order valence-corrected chi connectivity index (χ3v) is 5.23. The number of methoxy groups -OCH3 is 1. The number of nitrogens with two attached hydrogens (primary N) is 1. The fourth-order valence-corrected chi connectivity index (χ4v) is 3.96. The Morgan fingerprint density at radius 3 is 2.42 bits per heavy atom. The number of anilines is 1. The Kier molecular flexibility index (Phi) is 6.87. The van der Waals surface area contributed by atoms with Crippen LogP contribution in [0.4, 0.5) is 5.82 Å². The van der Waals surface area contributed by atoms with Gasteiger partial charge in [-0.15, -0.1) is 0 Å². The van der Waals surface area contributed by atoms with E-state index >= 15 is 0 Å². The van der Waals surface area contributed by atoms with E-state index in [1.807, 2.05) is 4.90 Å². The Balaban J connectivity index is 0.000000758. The fraction of sp³-hybridized carbons (Fsp3) is 0.647. The molecule has 0 unspecified atom stereocenters. The second-order valence-corrected chi connectivity index (χ2v) is 6.94. The van der Waals surface area contributed by atoms with Crippen LogP contribution in [0.2, 0.25) is 0 Å². The van der Waals surface area contributed by atoms with Gasteiger partial charge in [0.25, 0.3) is 12.4 Å². The summed E-state index contributed by atoms with van der Waals surface area (Å²) in [5, 5.41) is 6.89. The molecule has 0 aromatic carbocycles. The average Bonchev–Trinajstić information content (AvgIpc) is 3.04. The van der Waals surface area contributed by atoms with E-state index in [9.17, 15) is 4.79 Å². The molecular weight excluding hydrogens is 338 g/mol. The second-order valence-electron chi connectivity index (χ2n) is 6.94. The standard InChI is InChI=1S/C16H25N5O2.CH2O2/c1-20(2)13-4-10-8-21(9-11(10)5-14(13)23-3)16(22)12-6-19-15(17)7-18-12;2-1-3/h6-7,10-11,13-14H,4-5,8-9H2,1-3H3,(H2,17,19);1H,(H,2,3)/t10-,11+,13-,14-;/m1./s1. The van der Waals surface area contributed by atoms with Crippen LogP contribution in [0.3, 0.4) is 0 Å². The highest BCUT2D eigenvalue weighted by atomic mass is 16.5. The van der Waals surface area contributed by atoms with E-state index in [0.29, 0.717) is 29.4 Å². The molecule has 9 nitrogen and oxygen atoms in total. The van der Waals surface area contributed by atoms with Gasteiger partial charge >= 0.3 is 0 Å². The number of likely N-dealkylation sites (tertiary alicyclic amines) is 1. The van der Waals surface area contributed by atoms with Crippen LogP contribution in [0.25, 0.3) is 0 Å². The molecule has 9 heteroatoms. The maximum absolute atomic E-state index is 12.6. The molecule has 3 N–H and O–H groups in total. The molecule has 1 saturated heterocycles. The first kappa shape index (κ1) is 20.1. The first-order valence-corrected chi connectivity index (χ1v) is 8.55. The van der Waals surface area contributed by atoms with Crippen molar-refractivity contribution in [1.29, 1.82) is 0 Å². The second kappa shape index (κ2) is 8.91. The predicted octanol–water partition coefficient (Wildman–Crippen LogP) is 0.187. The number of amides is 1. The zero-order valence-corrected chi connectivity index (χ0v) is 15.4. The van der Waals surface area contributed by atoms with Crippen LogP contribution in [0, 0.1) is 11.8 Å². The van der Waals surface area contributed by atoms with E-state index in [1.165, 1.54) is 12.4 Å². The number of aromatic nitrogens is 2. The summed E-state index contributed by atoms with van der Waals surface area (Å²) in [6, 6.07) is 0.410. The lowest BCUT2D eigenvalue weighted by molar-refractivity contribution is -0.122. The zero-order chi connectivity index (χ0) is 19.3. The van der Waals surface area contributed by atoms with Crippen LogP contribution in [0.15, 0.2) is 12.4 Å². The number of fused-ring (bicyclic) bond motifs is 1. The molecule has 3 rings (SSSR count). The topological polar surface area (TPSA) is 122 Å². The van der Waals surface area contributed by atoms with Crippen LogP contribution in [0.5, 0.6) is 0 Å². The first-order valence-electron chi connectivity index (χ1n) is 8.55. The van der Waals surface area contributed by atoms with Crippen molar-refractivity contribution in [3.63, 3.8) is 0 Å². The van der Waals surface area contributed by atoms with Crippen molar-refractivity contribution in [2.75, 3.05) is 40.0 Å². The van der Waals surface area contributed by atoms with Crippen LogP contribution in [0.1, 0.15) is 23.3 Å². The van der Waals surface area contributed by atoms with Gasteiger partial charge < -0.3 is 25.4 Å². The van der Waals surface area contributed by atoms with E-state index in [2.05, 4.69) is 29.0 Å². The van der Waals surface area contributed by atoms with Crippen molar-refractivity contribution >= 4 is 18.2 Å². The van der Waals surface area contributed by atoms with Crippen LogP contribution < -0.4 is 5.73 Å². The van der Waals surface area contributed by atoms with Crippen molar-refractivity contribution in [3.05, 3.63) is 18.1 Å². The van der Waals surface area contributed by atoms with E-state index in [-0.39, 0.29) is 18.5 Å². The molecule has 1 aliphatic heterocycles. The SMILES string of the molecule is CO[C@@H]1C[C@H]2CN(C(=O)c3cnc(N)cn3)C[C@H]2C[C@H]1N(C)C.O=CO. The van der Waals surface area contributed by atoms with Gasteiger partial charge in [-0.05, 0) is 38.8 Å². The van der Waals surface area contributed by atoms with Gasteiger partial charge in [-0.2, -0.15) is 0 Å². The minimum absolute atomic E-state index is 0.0535. The Hall–Kier alpha value is -2.26. The molecule has 1 amide bonds. The van der Waals surface area contributed by atoms with Gasteiger partial charge in [0.15, 0.2) is 0 Å². The van der Waals surface area contributed by atoms with E-state index in [1.54, 1.807) is 7.11 Å². The third-order valence-electron chi connectivity index (χ3n) is 5.23. The van der Waals surface area contributed by atoms with Crippen molar-refractivity contribution in [1.82, 2.24) is 19.8 Å². The van der Waals surface area contributed by atoms with Gasteiger partial charge in [-0.1, -0.05) is 0 Å².